The Kier molecular flexibility index (Phi) is 2.77. The van der Waals surface area contributed by atoms with Crippen LogP contribution < -0.4 is 0 Å². The molecule has 0 fully saturated rings. The maximum Gasteiger partial charge on any atom is 0.143 e. The van der Waals surface area contributed by atoms with Gasteiger partial charge in [0.15, 0.2) is 0 Å². The third-order valence-electron chi connectivity index (χ3n) is 0.612. The van der Waals surface area contributed by atoms with Crippen LogP contribution in [0.2, 0.25) is 0 Å². The van der Waals surface area contributed by atoms with E-state index in [9.17, 15) is 4.39 Å². The quantitative estimate of drug-likeness (QED) is 0.384. The van der Waals surface area contributed by atoms with Gasteiger partial charge in [0.1, 0.15) is 5.83 Å². The van der Waals surface area contributed by atoms with Crippen LogP contribution in [0.1, 0.15) is 6.92 Å². The zero-order valence-electron chi connectivity index (χ0n) is 4.82. The van der Waals surface area contributed by atoms with Crippen LogP contribution >= 0.6 is 0 Å². The van der Waals surface area contributed by atoms with Crippen LogP contribution in [0.4, 0.5) is 4.39 Å². The standard InChI is InChI=1S/C6H8FN/c1-5(2)6(7)4-8-3/h4H,1,3H2,2H3. The van der Waals surface area contributed by atoms with E-state index < -0.39 is 5.83 Å². The van der Waals surface area contributed by atoms with Crippen molar-refractivity contribution in [2.45, 2.75) is 6.92 Å². The molecule has 2 heteroatoms. The van der Waals surface area contributed by atoms with E-state index in [1.54, 1.807) is 6.92 Å². The molecule has 0 heterocycles. The first-order valence-corrected chi connectivity index (χ1v) is 2.16. The van der Waals surface area contributed by atoms with Gasteiger partial charge in [-0.05, 0) is 19.2 Å². The molecular formula is C6H8FN. The average molecular weight is 113 g/mol. The van der Waals surface area contributed by atoms with Crippen molar-refractivity contribution in [3.63, 3.8) is 0 Å². The van der Waals surface area contributed by atoms with Gasteiger partial charge in [-0.3, -0.25) is 4.99 Å². The Morgan fingerprint density at radius 3 is 2.38 bits per heavy atom. The molecule has 0 amide bonds. The molecule has 0 N–H and O–H groups in total. The van der Waals surface area contributed by atoms with Gasteiger partial charge in [0, 0.05) is 0 Å². The van der Waals surface area contributed by atoms with E-state index in [1.807, 2.05) is 0 Å². The van der Waals surface area contributed by atoms with Crippen LogP contribution in [-0.4, -0.2) is 6.72 Å². The predicted molar refractivity (Wildman–Crippen MR) is 33.6 cm³/mol. The van der Waals surface area contributed by atoms with E-state index in [-0.39, 0.29) is 0 Å². The molecular weight excluding hydrogens is 105 g/mol. The molecule has 44 valence electrons. The zero-order valence-corrected chi connectivity index (χ0v) is 4.82. The summed E-state index contributed by atoms with van der Waals surface area (Å²) in [6.07, 6.45) is 1.03. The SMILES string of the molecule is C=NC=C(F)C(=C)C. The lowest BCUT2D eigenvalue weighted by Crippen LogP contribution is -1.70. The molecule has 0 saturated heterocycles. The zero-order chi connectivity index (χ0) is 6.57. The number of hydrogen-bond acceptors (Lipinski definition) is 1. The summed E-state index contributed by atoms with van der Waals surface area (Å²) >= 11 is 0. The maximum absolute atomic E-state index is 12.2. The Balaban J connectivity index is 3.99. The summed E-state index contributed by atoms with van der Waals surface area (Å²) < 4.78 is 12.2. The Morgan fingerprint density at radius 2 is 2.25 bits per heavy atom. The molecule has 0 aromatic heterocycles. The topological polar surface area (TPSA) is 12.4 Å². The second-order valence-electron chi connectivity index (χ2n) is 1.44. The van der Waals surface area contributed by atoms with Gasteiger partial charge in [-0.2, -0.15) is 0 Å². The summed E-state index contributed by atoms with van der Waals surface area (Å²) in [5.41, 5.74) is 0.373. The van der Waals surface area contributed by atoms with Crippen LogP contribution in [0.5, 0.6) is 0 Å². The molecule has 0 aromatic rings. The van der Waals surface area contributed by atoms with Crippen LogP contribution in [0, 0.1) is 0 Å². The molecule has 0 unspecified atom stereocenters. The monoisotopic (exact) mass is 113 g/mol. The Labute approximate surface area is 48.2 Å². The van der Waals surface area contributed by atoms with Gasteiger partial charge in [-0.1, -0.05) is 6.58 Å². The normalized spacial score (nSPS) is 11.0. The van der Waals surface area contributed by atoms with Crippen molar-refractivity contribution in [3.05, 3.63) is 24.2 Å². The van der Waals surface area contributed by atoms with E-state index >= 15 is 0 Å². The second-order valence-corrected chi connectivity index (χ2v) is 1.44. The first-order valence-electron chi connectivity index (χ1n) is 2.16. The highest BCUT2D eigenvalue weighted by Crippen LogP contribution is 2.06. The second kappa shape index (κ2) is 3.13. The van der Waals surface area contributed by atoms with Gasteiger partial charge in [0.25, 0.3) is 0 Å². The molecule has 0 spiro atoms. The molecule has 0 aliphatic rings. The number of rotatable bonds is 2. The van der Waals surface area contributed by atoms with E-state index in [1.165, 1.54) is 0 Å². The highest BCUT2D eigenvalue weighted by atomic mass is 19.1. The summed E-state index contributed by atoms with van der Waals surface area (Å²) in [4.78, 5) is 3.21. The van der Waals surface area contributed by atoms with Crippen LogP contribution in [0.3, 0.4) is 0 Å². The van der Waals surface area contributed by atoms with Gasteiger partial charge in [-0.15, -0.1) is 0 Å². The average Bonchev–Trinajstić information content (AvgIpc) is 1.67. The third kappa shape index (κ3) is 2.29. The summed E-state index contributed by atoms with van der Waals surface area (Å²) in [6, 6.07) is 0. The number of aliphatic imine (C=N–C) groups is 1. The predicted octanol–water partition coefficient (Wildman–Crippen LogP) is 2.07. The molecule has 0 rings (SSSR count). The smallest absolute Gasteiger partial charge is 0.143 e. The highest BCUT2D eigenvalue weighted by Gasteiger charge is 1.89. The first kappa shape index (κ1) is 7.08. The Bertz CT molecular complexity index is 135. The van der Waals surface area contributed by atoms with E-state index in [2.05, 4.69) is 18.3 Å². The maximum atomic E-state index is 12.2. The molecule has 1 nitrogen and oxygen atoms in total. The molecule has 0 saturated carbocycles. The Morgan fingerprint density at radius 1 is 1.75 bits per heavy atom. The molecule has 0 radical (unpaired) electrons. The van der Waals surface area contributed by atoms with Crippen molar-refractivity contribution in [2.75, 3.05) is 0 Å². The van der Waals surface area contributed by atoms with E-state index in [0.29, 0.717) is 5.57 Å². The van der Waals surface area contributed by atoms with Crippen LogP contribution in [-0.2, 0) is 0 Å². The molecule has 0 aliphatic heterocycles. The minimum Gasteiger partial charge on any atom is -0.269 e. The fraction of sp³-hybridized carbons (Fsp3) is 0.167. The summed E-state index contributed by atoms with van der Waals surface area (Å²) in [7, 11) is 0. The summed E-state index contributed by atoms with van der Waals surface area (Å²) in [6.45, 7) is 7.98. The van der Waals surface area contributed by atoms with Crippen molar-refractivity contribution in [2.24, 2.45) is 4.99 Å². The third-order valence-corrected chi connectivity index (χ3v) is 0.612. The van der Waals surface area contributed by atoms with Gasteiger partial charge >= 0.3 is 0 Å². The van der Waals surface area contributed by atoms with E-state index in [4.69, 9.17) is 0 Å². The minimum absolute atomic E-state index is 0.373. The van der Waals surface area contributed by atoms with Gasteiger partial charge < -0.3 is 0 Å². The lowest BCUT2D eigenvalue weighted by Gasteiger charge is -1.87. The fourth-order valence-electron chi connectivity index (χ4n) is 0.190. The van der Waals surface area contributed by atoms with Crippen molar-refractivity contribution in [1.29, 1.82) is 0 Å². The van der Waals surface area contributed by atoms with Gasteiger partial charge in [0.05, 0.1) is 6.20 Å². The van der Waals surface area contributed by atoms with E-state index in [0.717, 1.165) is 6.20 Å². The first-order chi connectivity index (χ1) is 3.68. The van der Waals surface area contributed by atoms with Crippen molar-refractivity contribution >= 4 is 6.72 Å². The van der Waals surface area contributed by atoms with Crippen molar-refractivity contribution < 1.29 is 4.39 Å². The molecule has 0 atom stereocenters. The van der Waals surface area contributed by atoms with Crippen molar-refractivity contribution in [1.82, 2.24) is 0 Å². The lowest BCUT2D eigenvalue weighted by molar-refractivity contribution is 0.649. The van der Waals surface area contributed by atoms with Gasteiger partial charge in [0.2, 0.25) is 0 Å². The highest BCUT2D eigenvalue weighted by molar-refractivity contribution is 5.28. The number of allylic oxidation sites excluding steroid dienone is 2. The molecule has 0 aliphatic carbocycles. The minimum atomic E-state index is -0.417. The summed E-state index contributed by atoms with van der Waals surface area (Å²) in [5.74, 6) is -0.417. The summed E-state index contributed by atoms with van der Waals surface area (Å²) in [5, 5.41) is 0. The van der Waals surface area contributed by atoms with Gasteiger partial charge in [-0.25, -0.2) is 4.39 Å². The fourth-order valence-corrected chi connectivity index (χ4v) is 0.190. The molecule has 0 aromatic carbocycles. The number of halogens is 1. The molecule has 0 bridgehead atoms. The van der Waals surface area contributed by atoms with Crippen LogP contribution in [0.15, 0.2) is 29.2 Å². The largest absolute Gasteiger partial charge is 0.269 e. The van der Waals surface area contributed by atoms with Crippen molar-refractivity contribution in [3.8, 4) is 0 Å². The number of nitrogens with zero attached hydrogens (tertiary/aromatic N) is 1. The number of hydrogen-bond donors (Lipinski definition) is 0. The molecule has 8 heavy (non-hydrogen) atoms. The van der Waals surface area contributed by atoms with Crippen LogP contribution in [0.25, 0.3) is 0 Å². The Hall–Kier alpha value is -0.920. The lowest BCUT2D eigenvalue weighted by atomic mass is 10.3.